The zero-order valence-electron chi connectivity index (χ0n) is 13.2. The van der Waals surface area contributed by atoms with E-state index in [4.69, 9.17) is 26.0 Å². The normalized spacial score (nSPS) is 11.4. The number of ether oxygens (including phenoxy) is 2. The minimum absolute atomic E-state index is 0.164. The summed E-state index contributed by atoms with van der Waals surface area (Å²) in [6.07, 6.45) is 1.80. The molecule has 0 spiro atoms. The fourth-order valence-corrected chi connectivity index (χ4v) is 1.18. The molecule has 0 bridgehead atoms. The van der Waals surface area contributed by atoms with Crippen LogP contribution in [0.25, 0.3) is 0 Å². The molecule has 0 saturated carbocycles. The topological polar surface area (TPSA) is 90.7 Å². The molecule has 0 aliphatic carbocycles. The second kappa shape index (κ2) is 14.2. The fraction of sp³-hybridized carbons (Fsp3) is 1.00. The molecule has 0 atom stereocenters. The van der Waals surface area contributed by atoms with Crippen LogP contribution in [0.3, 0.4) is 0 Å². The van der Waals surface area contributed by atoms with Gasteiger partial charge >= 0.3 is 0 Å². The molecule has 0 amide bonds. The highest BCUT2D eigenvalue weighted by molar-refractivity contribution is 4.67. The maximum Gasteiger partial charge on any atom is 0.0649 e. The summed E-state index contributed by atoms with van der Waals surface area (Å²) in [6.45, 7) is 11.7. The minimum atomic E-state index is -0.228. The summed E-state index contributed by atoms with van der Waals surface area (Å²) >= 11 is 0. The summed E-state index contributed by atoms with van der Waals surface area (Å²) in [7, 11) is 0. The Balaban J connectivity index is 0. The van der Waals surface area contributed by atoms with Gasteiger partial charge in [-0.05, 0) is 32.6 Å². The smallest absolute Gasteiger partial charge is 0.0649 e. The maximum absolute atomic E-state index is 8.59. The van der Waals surface area contributed by atoms with Gasteiger partial charge in [-0.15, -0.1) is 0 Å². The lowest BCUT2D eigenvalue weighted by molar-refractivity contribution is -0.0285. The van der Waals surface area contributed by atoms with Crippen LogP contribution >= 0.6 is 0 Å². The molecule has 0 aliphatic rings. The molecule has 0 fully saturated rings. The van der Waals surface area contributed by atoms with Crippen molar-refractivity contribution >= 4 is 0 Å². The van der Waals surface area contributed by atoms with Crippen molar-refractivity contribution in [3.63, 3.8) is 0 Å². The Labute approximate surface area is 118 Å². The van der Waals surface area contributed by atoms with Gasteiger partial charge in [0.1, 0.15) is 0 Å². The van der Waals surface area contributed by atoms with Gasteiger partial charge in [-0.3, -0.25) is 0 Å². The molecule has 0 heterocycles. The van der Waals surface area contributed by atoms with Gasteiger partial charge in [0.25, 0.3) is 0 Å². The molecule has 0 rings (SSSR count). The molecule has 5 nitrogen and oxygen atoms in total. The first kappa shape index (κ1) is 21.1. The van der Waals surface area contributed by atoms with Crippen molar-refractivity contribution in [2.45, 2.75) is 46.1 Å². The summed E-state index contributed by atoms with van der Waals surface area (Å²) in [6, 6.07) is 0. The van der Waals surface area contributed by atoms with E-state index in [-0.39, 0.29) is 12.2 Å². The highest BCUT2D eigenvalue weighted by Crippen LogP contribution is 2.12. The highest BCUT2D eigenvalue weighted by atomic mass is 16.5. The second-order valence-electron chi connectivity index (χ2n) is 5.45. The van der Waals surface area contributed by atoms with Gasteiger partial charge in [-0.1, -0.05) is 13.8 Å². The standard InChI is InChI=1S/C7H17NO2.C7H17NO/c1-7(2,3-5-9)10-6-4-8;1-7(2)3-5-9-6-4-8/h9H,3-6,8H2,1-2H3;7H,3-6,8H2,1-2H3. The summed E-state index contributed by atoms with van der Waals surface area (Å²) in [4.78, 5) is 0. The quantitative estimate of drug-likeness (QED) is 0.521. The molecule has 5 heteroatoms. The van der Waals surface area contributed by atoms with Crippen molar-refractivity contribution in [3.05, 3.63) is 0 Å². The van der Waals surface area contributed by atoms with Crippen LogP contribution in [-0.2, 0) is 9.47 Å². The van der Waals surface area contributed by atoms with Gasteiger partial charge in [-0.25, -0.2) is 0 Å². The van der Waals surface area contributed by atoms with Crippen LogP contribution in [0.2, 0.25) is 0 Å². The van der Waals surface area contributed by atoms with Crippen molar-refractivity contribution in [2.75, 3.05) is 39.5 Å². The Hall–Kier alpha value is -0.200. The van der Waals surface area contributed by atoms with Crippen LogP contribution in [0, 0.1) is 5.92 Å². The van der Waals surface area contributed by atoms with E-state index in [1.54, 1.807) is 0 Å². The summed E-state index contributed by atoms with van der Waals surface area (Å²) in [5, 5.41) is 8.59. The van der Waals surface area contributed by atoms with Crippen LogP contribution in [0.1, 0.15) is 40.5 Å². The Morgan fingerprint density at radius 2 is 1.63 bits per heavy atom. The van der Waals surface area contributed by atoms with Crippen LogP contribution in [-0.4, -0.2) is 50.2 Å². The molecule has 0 unspecified atom stereocenters. The summed E-state index contributed by atoms with van der Waals surface area (Å²) in [5.74, 6) is 0.739. The number of rotatable bonds is 10. The third kappa shape index (κ3) is 20.3. The van der Waals surface area contributed by atoms with Gasteiger partial charge in [0, 0.05) is 26.3 Å². The molecule has 0 aromatic carbocycles. The van der Waals surface area contributed by atoms with Gasteiger partial charge in [-0.2, -0.15) is 0 Å². The molecule has 5 N–H and O–H groups in total. The fourth-order valence-electron chi connectivity index (χ4n) is 1.18. The van der Waals surface area contributed by atoms with Crippen molar-refractivity contribution < 1.29 is 14.6 Å². The molecule has 0 saturated heterocycles. The Bertz CT molecular complexity index is 176. The first-order chi connectivity index (χ1) is 8.89. The van der Waals surface area contributed by atoms with E-state index in [0.717, 1.165) is 18.9 Å². The van der Waals surface area contributed by atoms with Crippen molar-refractivity contribution in [3.8, 4) is 0 Å². The van der Waals surface area contributed by atoms with Crippen molar-refractivity contribution in [1.82, 2.24) is 0 Å². The van der Waals surface area contributed by atoms with Crippen LogP contribution in [0.5, 0.6) is 0 Å². The Morgan fingerprint density at radius 1 is 1.05 bits per heavy atom. The van der Waals surface area contributed by atoms with Crippen LogP contribution in [0.4, 0.5) is 0 Å². The van der Waals surface area contributed by atoms with E-state index in [1.165, 1.54) is 0 Å². The summed E-state index contributed by atoms with van der Waals surface area (Å²) in [5.41, 5.74) is 10.2. The predicted molar refractivity (Wildman–Crippen MR) is 80.1 cm³/mol. The minimum Gasteiger partial charge on any atom is -0.396 e. The third-order valence-electron chi connectivity index (χ3n) is 2.43. The molecule has 0 aromatic heterocycles. The molecular formula is C14H34N2O3. The zero-order chi connectivity index (χ0) is 15.1. The Morgan fingerprint density at radius 3 is 2.05 bits per heavy atom. The number of hydrogen-bond donors (Lipinski definition) is 3. The van der Waals surface area contributed by atoms with E-state index in [1.807, 2.05) is 13.8 Å². The number of nitrogens with two attached hydrogens (primary N) is 2. The first-order valence-electron chi connectivity index (χ1n) is 7.12. The second-order valence-corrected chi connectivity index (χ2v) is 5.45. The lowest BCUT2D eigenvalue weighted by Gasteiger charge is -2.23. The van der Waals surface area contributed by atoms with Crippen LogP contribution < -0.4 is 11.5 Å². The van der Waals surface area contributed by atoms with Gasteiger partial charge in [0.15, 0.2) is 0 Å². The number of aliphatic hydroxyl groups is 1. The van der Waals surface area contributed by atoms with Gasteiger partial charge < -0.3 is 26.0 Å². The molecule has 19 heavy (non-hydrogen) atoms. The largest absolute Gasteiger partial charge is 0.396 e. The monoisotopic (exact) mass is 278 g/mol. The molecule has 0 aromatic rings. The van der Waals surface area contributed by atoms with Gasteiger partial charge in [0.2, 0.25) is 0 Å². The first-order valence-corrected chi connectivity index (χ1v) is 7.12. The van der Waals surface area contributed by atoms with Crippen LogP contribution in [0.15, 0.2) is 0 Å². The zero-order valence-corrected chi connectivity index (χ0v) is 13.2. The SMILES string of the molecule is CC(C)(CCO)OCCN.CC(C)CCOCCN. The van der Waals surface area contributed by atoms with E-state index >= 15 is 0 Å². The van der Waals surface area contributed by atoms with Crippen molar-refractivity contribution in [1.29, 1.82) is 0 Å². The van der Waals surface area contributed by atoms with E-state index in [9.17, 15) is 0 Å². The Kier molecular flexibility index (Phi) is 15.8. The average Bonchev–Trinajstić information content (AvgIpc) is 2.33. The lowest BCUT2D eigenvalue weighted by atomic mass is 10.1. The molecule has 0 radical (unpaired) electrons. The third-order valence-corrected chi connectivity index (χ3v) is 2.43. The van der Waals surface area contributed by atoms with E-state index < -0.39 is 0 Å². The highest BCUT2D eigenvalue weighted by Gasteiger charge is 2.16. The lowest BCUT2D eigenvalue weighted by Crippen LogP contribution is -2.28. The van der Waals surface area contributed by atoms with E-state index in [0.29, 0.717) is 32.7 Å². The molecule has 118 valence electrons. The van der Waals surface area contributed by atoms with E-state index in [2.05, 4.69) is 13.8 Å². The molecule has 0 aliphatic heterocycles. The maximum atomic E-state index is 8.59. The predicted octanol–water partition coefficient (Wildman–Crippen LogP) is 1.13. The number of aliphatic hydroxyl groups excluding tert-OH is 1. The molecular weight excluding hydrogens is 244 g/mol. The number of hydrogen-bond acceptors (Lipinski definition) is 5. The van der Waals surface area contributed by atoms with Gasteiger partial charge in [0.05, 0.1) is 18.8 Å². The average molecular weight is 278 g/mol. The van der Waals surface area contributed by atoms with Crippen molar-refractivity contribution in [2.24, 2.45) is 17.4 Å². The summed E-state index contributed by atoms with van der Waals surface area (Å²) < 4.78 is 10.5.